The number of benzene rings is 1. The number of nitrogens with one attached hydrogen (secondary N) is 2. The molecule has 0 bridgehead atoms. The summed E-state index contributed by atoms with van der Waals surface area (Å²) in [5.41, 5.74) is 0.894. The summed E-state index contributed by atoms with van der Waals surface area (Å²) in [7, 11) is 1.65. The average Bonchev–Trinajstić information content (AvgIpc) is 3.27. The maximum Gasteiger partial charge on any atom is 0.220 e. The van der Waals surface area contributed by atoms with Crippen LogP contribution in [0.4, 0.5) is 5.69 Å². The van der Waals surface area contributed by atoms with Crippen LogP contribution in [0.25, 0.3) is 0 Å². The fraction of sp³-hybridized carbons (Fsp3) is 0.632. The summed E-state index contributed by atoms with van der Waals surface area (Å²) < 4.78 is 17.8. The molecule has 3 atom stereocenters. The van der Waals surface area contributed by atoms with E-state index in [1.54, 1.807) is 7.11 Å². The van der Waals surface area contributed by atoms with E-state index in [-0.39, 0.29) is 24.1 Å². The predicted molar refractivity (Wildman–Crippen MR) is 95.7 cm³/mol. The molecular weight excluding hydrogens is 320 g/mol. The molecule has 138 valence electrons. The fourth-order valence-corrected chi connectivity index (χ4v) is 3.68. The standard InChI is InChI=1S/C19H28N2O4/c1-4-19(5-2)24-12-16(25-19)18(14-10-11-17(22)20-14)21-13-8-6-7-9-15(13)23-3/h6-9,14,16,18,21H,4-5,10-12H2,1-3H3,(H,20,22)/t14-,16+,18-/m0/s1. The molecule has 1 amide bonds. The van der Waals surface area contributed by atoms with Crippen molar-refractivity contribution in [1.82, 2.24) is 5.32 Å². The van der Waals surface area contributed by atoms with Crippen LogP contribution >= 0.6 is 0 Å². The third kappa shape index (κ3) is 3.75. The summed E-state index contributed by atoms with van der Waals surface area (Å²) in [4.78, 5) is 11.8. The van der Waals surface area contributed by atoms with Crippen molar-refractivity contribution in [1.29, 1.82) is 0 Å². The van der Waals surface area contributed by atoms with E-state index in [4.69, 9.17) is 14.2 Å². The van der Waals surface area contributed by atoms with Gasteiger partial charge in [0, 0.05) is 6.42 Å². The molecule has 0 saturated carbocycles. The van der Waals surface area contributed by atoms with Gasteiger partial charge in [-0.3, -0.25) is 4.79 Å². The van der Waals surface area contributed by atoms with E-state index >= 15 is 0 Å². The Morgan fingerprint density at radius 3 is 2.72 bits per heavy atom. The number of carbonyl (C=O) groups excluding carboxylic acids is 1. The number of carbonyl (C=O) groups is 1. The molecule has 0 spiro atoms. The summed E-state index contributed by atoms with van der Waals surface area (Å²) in [6, 6.07) is 7.72. The number of hydrogen-bond donors (Lipinski definition) is 2. The molecule has 6 heteroatoms. The summed E-state index contributed by atoms with van der Waals surface area (Å²) in [6.07, 6.45) is 2.82. The molecule has 0 aliphatic carbocycles. The van der Waals surface area contributed by atoms with Crippen LogP contribution in [0.3, 0.4) is 0 Å². The highest BCUT2D eigenvalue weighted by Gasteiger charge is 2.45. The van der Waals surface area contributed by atoms with Crippen LogP contribution in [0.2, 0.25) is 0 Å². The zero-order valence-corrected chi connectivity index (χ0v) is 15.2. The normalized spacial score (nSPS) is 26.3. The molecule has 1 aromatic carbocycles. The average molecular weight is 348 g/mol. The van der Waals surface area contributed by atoms with Gasteiger partial charge in [-0.05, 0) is 31.4 Å². The number of rotatable bonds is 7. The maximum absolute atomic E-state index is 11.8. The zero-order chi connectivity index (χ0) is 17.9. The Morgan fingerprint density at radius 2 is 2.12 bits per heavy atom. The molecule has 1 aromatic rings. The van der Waals surface area contributed by atoms with Crippen molar-refractivity contribution >= 4 is 11.6 Å². The second-order valence-corrected chi connectivity index (χ2v) is 6.67. The second-order valence-electron chi connectivity index (χ2n) is 6.67. The fourth-order valence-electron chi connectivity index (χ4n) is 3.68. The monoisotopic (exact) mass is 348 g/mol. The van der Waals surface area contributed by atoms with Crippen molar-refractivity contribution in [3.63, 3.8) is 0 Å². The molecule has 2 heterocycles. The Hall–Kier alpha value is -1.79. The zero-order valence-electron chi connectivity index (χ0n) is 15.2. The minimum atomic E-state index is -0.520. The first-order valence-corrected chi connectivity index (χ1v) is 9.11. The van der Waals surface area contributed by atoms with Gasteiger partial charge < -0.3 is 24.8 Å². The van der Waals surface area contributed by atoms with Gasteiger partial charge in [0.05, 0.1) is 31.5 Å². The summed E-state index contributed by atoms with van der Waals surface area (Å²) in [5.74, 6) is 0.342. The first-order valence-electron chi connectivity index (χ1n) is 9.11. The lowest BCUT2D eigenvalue weighted by atomic mass is 10.00. The highest BCUT2D eigenvalue weighted by molar-refractivity contribution is 5.78. The van der Waals surface area contributed by atoms with Gasteiger partial charge in [0.15, 0.2) is 5.79 Å². The van der Waals surface area contributed by atoms with E-state index in [0.717, 1.165) is 30.7 Å². The van der Waals surface area contributed by atoms with Crippen molar-refractivity contribution in [3.05, 3.63) is 24.3 Å². The van der Waals surface area contributed by atoms with Gasteiger partial charge in [-0.2, -0.15) is 0 Å². The van der Waals surface area contributed by atoms with Crippen LogP contribution in [0.15, 0.2) is 24.3 Å². The third-order valence-electron chi connectivity index (χ3n) is 5.25. The van der Waals surface area contributed by atoms with Crippen LogP contribution < -0.4 is 15.4 Å². The molecule has 0 aromatic heterocycles. The number of ether oxygens (including phenoxy) is 3. The van der Waals surface area contributed by atoms with Crippen LogP contribution in [0, 0.1) is 0 Å². The molecule has 3 rings (SSSR count). The van der Waals surface area contributed by atoms with Gasteiger partial charge in [-0.1, -0.05) is 26.0 Å². The molecule has 0 radical (unpaired) electrons. The highest BCUT2D eigenvalue weighted by atomic mass is 16.7. The van der Waals surface area contributed by atoms with Gasteiger partial charge in [0.2, 0.25) is 5.91 Å². The van der Waals surface area contributed by atoms with Crippen LogP contribution in [-0.2, 0) is 14.3 Å². The van der Waals surface area contributed by atoms with Crippen LogP contribution in [0.5, 0.6) is 5.75 Å². The number of hydrogen-bond acceptors (Lipinski definition) is 5. The van der Waals surface area contributed by atoms with Crippen LogP contribution in [0.1, 0.15) is 39.5 Å². The van der Waals surface area contributed by atoms with Crippen LogP contribution in [-0.4, -0.2) is 43.6 Å². The van der Waals surface area contributed by atoms with Gasteiger partial charge in [0.1, 0.15) is 11.9 Å². The van der Waals surface area contributed by atoms with Gasteiger partial charge in [-0.15, -0.1) is 0 Å². The second kappa shape index (κ2) is 7.62. The lowest BCUT2D eigenvalue weighted by Crippen LogP contribution is -2.50. The minimum absolute atomic E-state index is 0.00974. The van der Waals surface area contributed by atoms with Crippen molar-refractivity contribution < 1.29 is 19.0 Å². The highest BCUT2D eigenvalue weighted by Crippen LogP contribution is 2.35. The molecule has 2 N–H and O–H groups in total. The molecule has 2 aliphatic heterocycles. The van der Waals surface area contributed by atoms with E-state index in [1.807, 2.05) is 24.3 Å². The van der Waals surface area contributed by atoms with E-state index in [0.29, 0.717) is 13.0 Å². The number of para-hydroxylation sites is 2. The minimum Gasteiger partial charge on any atom is -0.495 e. The quantitative estimate of drug-likeness (QED) is 0.793. The molecule has 2 saturated heterocycles. The Morgan fingerprint density at radius 1 is 1.36 bits per heavy atom. The summed E-state index contributed by atoms with van der Waals surface area (Å²) >= 11 is 0. The molecule has 0 unspecified atom stereocenters. The topological polar surface area (TPSA) is 68.8 Å². The molecule has 2 aliphatic rings. The van der Waals surface area contributed by atoms with Gasteiger partial charge >= 0.3 is 0 Å². The number of methoxy groups -OCH3 is 1. The SMILES string of the molecule is CCC1(CC)OC[C@H]([C@@H](Nc2ccccc2OC)[C@@H]2CCC(=O)N2)O1. The van der Waals surface area contributed by atoms with Crippen molar-refractivity contribution in [3.8, 4) is 5.75 Å². The Kier molecular flexibility index (Phi) is 5.49. The van der Waals surface area contributed by atoms with Gasteiger partial charge in [-0.25, -0.2) is 0 Å². The Balaban J connectivity index is 1.82. The predicted octanol–water partition coefficient (Wildman–Crippen LogP) is 2.69. The lowest BCUT2D eigenvalue weighted by molar-refractivity contribution is -0.173. The van der Waals surface area contributed by atoms with E-state index in [2.05, 4.69) is 24.5 Å². The van der Waals surface area contributed by atoms with E-state index < -0.39 is 5.79 Å². The molecule has 6 nitrogen and oxygen atoms in total. The van der Waals surface area contributed by atoms with Crippen molar-refractivity contribution in [2.24, 2.45) is 0 Å². The molecule has 2 fully saturated rings. The maximum atomic E-state index is 11.8. The number of amides is 1. The van der Waals surface area contributed by atoms with Gasteiger partial charge in [0.25, 0.3) is 0 Å². The first kappa shape index (κ1) is 18.0. The first-order chi connectivity index (χ1) is 12.1. The Bertz CT molecular complexity index is 603. The molecular formula is C19H28N2O4. The largest absolute Gasteiger partial charge is 0.495 e. The molecule has 25 heavy (non-hydrogen) atoms. The van der Waals surface area contributed by atoms with Crippen molar-refractivity contribution in [2.45, 2.75) is 63.5 Å². The third-order valence-corrected chi connectivity index (χ3v) is 5.25. The summed E-state index contributed by atoms with van der Waals surface area (Å²) in [5, 5.41) is 6.62. The van der Waals surface area contributed by atoms with E-state index in [9.17, 15) is 4.79 Å². The lowest BCUT2D eigenvalue weighted by Gasteiger charge is -2.32. The number of anilines is 1. The van der Waals surface area contributed by atoms with Crippen molar-refractivity contribution in [2.75, 3.05) is 19.0 Å². The smallest absolute Gasteiger partial charge is 0.220 e. The van der Waals surface area contributed by atoms with E-state index in [1.165, 1.54) is 0 Å². The summed E-state index contributed by atoms with van der Waals surface area (Å²) in [6.45, 7) is 4.67. The Labute approximate surface area is 149 Å².